The zero-order chi connectivity index (χ0) is 23.7. The number of nitrogens with one attached hydrogen (secondary N) is 1. The van der Waals surface area contributed by atoms with Crippen LogP contribution in [0.5, 0.6) is 11.5 Å². The molecule has 5 rings (SSSR count). The fraction of sp³-hybridized carbons (Fsp3) is 0.115. The Balaban J connectivity index is 1.39. The van der Waals surface area contributed by atoms with E-state index in [1.165, 1.54) is 15.3 Å². The van der Waals surface area contributed by atoms with E-state index in [9.17, 15) is 4.79 Å². The molecule has 0 saturated heterocycles. The number of carbonyl (C=O) groups is 1. The Hall–Kier alpha value is -4.17. The molecule has 0 aliphatic heterocycles. The molecule has 0 aliphatic carbocycles. The van der Waals surface area contributed by atoms with Crippen LogP contribution >= 0.6 is 11.3 Å². The molecule has 170 valence electrons. The van der Waals surface area contributed by atoms with E-state index in [4.69, 9.17) is 9.72 Å². The number of aromatic nitrogens is 3. The summed E-state index contributed by atoms with van der Waals surface area (Å²) in [5, 5.41) is 5.51. The standard InChI is InChI=1S/C26H23N5O2S/c1-30(2)25(32)22-16-20(11-12-27-22)33-19-9-10-23-21(15-19)29-26(31(23)3)28-18-7-4-6-17(14-18)24-8-5-13-34-24/h4-16H,1-3H3,(H,28,29). The van der Waals surface area contributed by atoms with Gasteiger partial charge in [0.2, 0.25) is 5.95 Å². The molecule has 1 N–H and O–H groups in total. The van der Waals surface area contributed by atoms with E-state index in [-0.39, 0.29) is 5.91 Å². The van der Waals surface area contributed by atoms with Gasteiger partial charge in [0, 0.05) is 50.0 Å². The summed E-state index contributed by atoms with van der Waals surface area (Å²) in [7, 11) is 5.36. The molecule has 0 bridgehead atoms. The van der Waals surface area contributed by atoms with Gasteiger partial charge >= 0.3 is 0 Å². The van der Waals surface area contributed by atoms with Crippen LogP contribution in [0.4, 0.5) is 11.6 Å². The van der Waals surface area contributed by atoms with Crippen molar-refractivity contribution >= 4 is 39.9 Å². The maximum absolute atomic E-state index is 12.2. The maximum Gasteiger partial charge on any atom is 0.272 e. The average Bonchev–Trinajstić information content (AvgIpc) is 3.48. The van der Waals surface area contributed by atoms with Crippen LogP contribution in [0.1, 0.15) is 10.5 Å². The molecule has 0 atom stereocenters. The first-order chi connectivity index (χ1) is 16.5. The summed E-state index contributed by atoms with van der Waals surface area (Å²) in [6, 6.07) is 21.6. The lowest BCUT2D eigenvalue weighted by Crippen LogP contribution is -2.22. The van der Waals surface area contributed by atoms with Gasteiger partial charge < -0.3 is 19.5 Å². The van der Waals surface area contributed by atoms with E-state index in [1.54, 1.807) is 43.8 Å². The summed E-state index contributed by atoms with van der Waals surface area (Å²) in [6.45, 7) is 0. The van der Waals surface area contributed by atoms with Crippen LogP contribution in [0, 0.1) is 0 Å². The Morgan fingerprint density at radius 2 is 1.88 bits per heavy atom. The molecule has 0 radical (unpaired) electrons. The Morgan fingerprint density at radius 3 is 2.68 bits per heavy atom. The molecular formula is C26H23N5O2S. The number of amides is 1. The number of hydrogen-bond acceptors (Lipinski definition) is 6. The van der Waals surface area contributed by atoms with Crippen LogP contribution in [-0.4, -0.2) is 39.4 Å². The molecule has 0 saturated carbocycles. The second-order valence-electron chi connectivity index (χ2n) is 8.01. The molecule has 8 heteroatoms. The first kappa shape index (κ1) is 21.7. The number of imidazole rings is 1. The summed E-state index contributed by atoms with van der Waals surface area (Å²) in [5.74, 6) is 1.73. The number of ether oxygens (including phenoxy) is 1. The number of benzene rings is 2. The minimum atomic E-state index is -0.176. The quantitative estimate of drug-likeness (QED) is 0.333. The number of hydrogen-bond donors (Lipinski definition) is 1. The SMILES string of the molecule is CN(C)C(=O)c1cc(Oc2ccc3c(c2)nc(Nc2cccc(-c4cccs4)c2)n3C)ccn1. The summed E-state index contributed by atoms with van der Waals surface area (Å²) in [5.41, 5.74) is 4.24. The Bertz CT molecular complexity index is 1470. The largest absolute Gasteiger partial charge is 0.457 e. The highest BCUT2D eigenvalue weighted by molar-refractivity contribution is 7.13. The van der Waals surface area contributed by atoms with Gasteiger partial charge in [0.15, 0.2) is 0 Å². The van der Waals surface area contributed by atoms with Gasteiger partial charge in [0.1, 0.15) is 17.2 Å². The Morgan fingerprint density at radius 1 is 1.03 bits per heavy atom. The van der Waals surface area contributed by atoms with Crippen molar-refractivity contribution in [2.75, 3.05) is 19.4 Å². The van der Waals surface area contributed by atoms with Crippen molar-refractivity contribution in [3.05, 3.63) is 84.0 Å². The maximum atomic E-state index is 12.2. The van der Waals surface area contributed by atoms with Crippen molar-refractivity contribution in [2.45, 2.75) is 0 Å². The highest BCUT2D eigenvalue weighted by Crippen LogP contribution is 2.30. The third-order valence-electron chi connectivity index (χ3n) is 5.37. The number of nitrogens with zero attached hydrogens (tertiary/aromatic N) is 4. The summed E-state index contributed by atoms with van der Waals surface area (Å²) in [4.78, 5) is 23.8. The predicted octanol–water partition coefficient (Wildman–Crippen LogP) is 5.93. The van der Waals surface area contributed by atoms with Crippen molar-refractivity contribution in [2.24, 2.45) is 7.05 Å². The van der Waals surface area contributed by atoms with Crippen LogP contribution in [0.25, 0.3) is 21.5 Å². The molecule has 5 aromatic rings. The highest BCUT2D eigenvalue weighted by atomic mass is 32.1. The minimum absolute atomic E-state index is 0.176. The van der Waals surface area contributed by atoms with Crippen LogP contribution < -0.4 is 10.1 Å². The number of carbonyl (C=O) groups excluding carboxylic acids is 1. The fourth-order valence-electron chi connectivity index (χ4n) is 3.63. The van der Waals surface area contributed by atoms with Gasteiger partial charge in [-0.1, -0.05) is 18.2 Å². The van der Waals surface area contributed by atoms with Crippen molar-refractivity contribution in [3.63, 3.8) is 0 Å². The number of rotatable bonds is 6. The molecule has 3 heterocycles. The summed E-state index contributed by atoms with van der Waals surface area (Å²) in [6.07, 6.45) is 1.57. The highest BCUT2D eigenvalue weighted by Gasteiger charge is 2.13. The van der Waals surface area contributed by atoms with E-state index in [0.29, 0.717) is 17.2 Å². The summed E-state index contributed by atoms with van der Waals surface area (Å²) >= 11 is 1.72. The lowest BCUT2D eigenvalue weighted by Gasteiger charge is -2.11. The van der Waals surface area contributed by atoms with E-state index >= 15 is 0 Å². The molecule has 0 fully saturated rings. The van der Waals surface area contributed by atoms with Gasteiger partial charge in [-0.25, -0.2) is 4.98 Å². The normalized spacial score (nSPS) is 10.9. The minimum Gasteiger partial charge on any atom is -0.457 e. The summed E-state index contributed by atoms with van der Waals surface area (Å²) < 4.78 is 8.01. The van der Waals surface area contributed by atoms with Gasteiger partial charge in [-0.15, -0.1) is 11.3 Å². The van der Waals surface area contributed by atoms with Crippen LogP contribution in [0.2, 0.25) is 0 Å². The predicted molar refractivity (Wildman–Crippen MR) is 136 cm³/mol. The monoisotopic (exact) mass is 469 g/mol. The molecule has 1 amide bonds. The van der Waals surface area contributed by atoms with E-state index in [0.717, 1.165) is 22.7 Å². The lowest BCUT2D eigenvalue weighted by molar-refractivity contribution is 0.0821. The van der Waals surface area contributed by atoms with Gasteiger partial charge in [-0.2, -0.15) is 0 Å². The van der Waals surface area contributed by atoms with E-state index < -0.39 is 0 Å². The molecular weight excluding hydrogens is 446 g/mol. The molecule has 0 aliphatic rings. The smallest absolute Gasteiger partial charge is 0.272 e. The first-order valence-corrected chi connectivity index (χ1v) is 11.6. The van der Waals surface area contributed by atoms with Gasteiger partial charge in [-0.05, 0) is 47.3 Å². The van der Waals surface area contributed by atoms with Crippen molar-refractivity contribution in [1.29, 1.82) is 0 Å². The fourth-order valence-corrected chi connectivity index (χ4v) is 4.36. The second kappa shape index (κ2) is 8.99. The lowest BCUT2D eigenvalue weighted by atomic mass is 10.1. The van der Waals surface area contributed by atoms with Crippen molar-refractivity contribution < 1.29 is 9.53 Å². The van der Waals surface area contributed by atoms with Crippen molar-refractivity contribution in [1.82, 2.24) is 19.4 Å². The molecule has 34 heavy (non-hydrogen) atoms. The topological polar surface area (TPSA) is 72.3 Å². The number of fused-ring (bicyclic) bond motifs is 1. The molecule has 2 aromatic carbocycles. The zero-order valence-corrected chi connectivity index (χ0v) is 19.8. The third kappa shape index (κ3) is 4.35. The number of pyridine rings is 1. The molecule has 0 spiro atoms. The van der Waals surface area contributed by atoms with Gasteiger partial charge in [0.25, 0.3) is 5.91 Å². The number of aryl methyl sites for hydroxylation is 1. The van der Waals surface area contributed by atoms with Gasteiger partial charge in [-0.3, -0.25) is 9.78 Å². The van der Waals surface area contributed by atoms with Crippen molar-refractivity contribution in [3.8, 4) is 21.9 Å². The zero-order valence-electron chi connectivity index (χ0n) is 19.0. The molecule has 3 aromatic heterocycles. The van der Waals surface area contributed by atoms with E-state index in [1.807, 2.05) is 41.9 Å². The first-order valence-electron chi connectivity index (χ1n) is 10.7. The second-order valence-corrected chi connectivity index (χ2v) is 8.95. The number of anilines is 2. The Labute approximate surface area is 201 Å². The van der Waals surface area contributed by atoms with Crippen LogP contribution in [0.15, 0.2) is 78.3 Å². The van der Waals surface area contributed by atoms with Crippen LogP contribution in [-0.2, 0) is 7.05 Å². The molecule has 0 unspecified atom stereocenters. The third-order valence-corrected chi connectivity index (χ3v) is 6.29. The van der Waals surface area contributed by atoms with Crippen LogP contribution in [0.3, 0.4) is 0 Å². The number of thiophene rings is 1. The van der Waals surface area contributed by atoms with Gasteiger partial charge in [0.05, 0.1) is 11.0 Å². The molecule has 7 nitrogen and oxygen atoms in total. The Kier molecular flexibility index (Phi) is 5.73. The average molecular weight is 470 g/mol. The van der Waals surface area contributed by atoms with E-state index in [2.05, 4.69) is 39.9 Å².